The molecule has 1 N–H and O–H groups in total. The Morgan fingerprint density at radius 3 is 2.82 bits per heavy atom. The molecule has 1 saturated heterocycles. The fourth-order valence-electron chi connectivity index (χ4n) is 6.01. The molecule has 4 aromatic rings. The van der Waals surface area contributed by atoms with Gasteiger partial charge in [0, 0.05) is 42.9 Å². The van der Waals surface area contributed by atoms with E-state index in [2.05, 4.69) is 10.4 Å². The number of likely N-dealkylation sites (tertiary alicyclic amines) is 1. The number of aryl methyl sites for hydroxylation is 2. The maximum atomic E-state index is 13.5. The van der Waals surface area contributed by atoms with Gasteiger partial charge in [0.1, 0.15) is 22.6 Å². The molecule has 2 amide bonds. The molecule has 1 unspecified atom stereocenters. The van der Waals surface area contributed by atoms with Gasteiger partial charge >= 0.3 is 0 Å². The highest BCUT2D eigenvalue weighted by Crippen LogP contribution is 2.66. The van der Waals surface area contributed by atoms with Gasteiger partial charge in [-0.25, -0.2) is 4.52 Å². The molecule has 9 heteroatoms. The second-order valence-corrected chi connectivity index (χ2v) is 10.9. The number of carbonyl (C=O) groups is 2. The molecule has 2 aliphatic carbocycles. The van der Waals surface area contributed by atoms with Crippen molar-refractivity contribution in [1.82, 2.24) is 19.8 Å². The minimum atomic E-state index is -0.0718. The summed E-state index contributed by atoms with van der Waals surface area (Å²) < 4.78 is 19.3. The number of fused-ring (bicyclic) bond motifs is 3. The van der Waals surface area contributed by atoms with Gasteiger partial charge in [0.05, 0.1) is 30.0 Å². The number of methoxy groups -OCH3 is 1. The van der Waals surface area contributed by atoms with Crippen molar-refractivity contribution < 1.29 is 23.5 Å². The number of hydrogen-bond donors (Lipinski definition) is 1. The molecule has 3 fully saturated rings. The van der Waals surface area contributed by atoms with E-state index in [0.717, 1.165) is 48.7 Å². The first-order chi connectivity index (χ1) is 18.4. The molecule has 1 atom stereocenters. The number of furan rings is 1. The standard InChI is InChI=1S/C29H30N4O5/c1-16-22(28(35)32-10-4-5-19(32)15-36-3)14-33-26(16)23(8-9-30-33)38-20-6-7-21-24(11-20)37-17(2)25(21)27(34)31-29-12-18(29)13-29/h6-9,11,14,18-19H,4-5,10,12-13,15H2,1-3H3,(H,31,34). The summed E-state index contributed by atoms with van der Waals surface area (Å²) in [4.78, 5) is 28.3. The van der Waals surface area contributed by atoms with Crippen molar-refractivity contribution in [1.29, 1.82) is 0 Å². The van der Waals surface area contributed by atoms with E-state index in [1.807, 2.05) is 30.9 Å². The van der Waals surface area contributed by atoms with Crippen LogP contribution in [0.5, 0.6) is 11.5 Å². The molecule has 3 aliphatic rings. The maximum absolute atomic E-state index is 13.5. The summed E-state index contributed by atoms with van der Waals surface area (Å²) in [6, 6.07) is 7.38. The van der Waals surface area contributed by atoms with Crippen molar-refractivity contribution in [3.8, 4) is 11.5 Å². The molecule has 9 nitrogen and oxygen atoms in total. The van der Waals surface area contributed by atoms with Crippen LogP contribution in [-0.4, -0.2) is 58.2 Å². The van der Waals surface area contributed by atoms with Crippen molar-refractivity contribution in [2.75, 3.05) is 20.3 Å². The van der Waals surface area contributed by atoms with E-state index < -0.39 is 0 Å². The number of nitrogens with zero attached hydrogens (tertiary/aromatic N) is 3. The lowest BCUT2D eigenvalue weighted by Gasteiger charge is -2.24. The topological polar surface area (TPSA) is 98.3 Å². The second kappa shape index (κ2) is 8.33. The van der Waals surface area contributed by atoms with Gasteiger partial charge < -0.3 is 24.1 Å². The predicted molar refractivity (Wildman–Crippen MR) is 140 cm³/mol. The first-order valence-corrected chi connectivity index (χ1v) is 13.2. The molecule has 1 aliphatic heterocycles. The van der Waals surface area contributed by atoms with Gasteiger partial charge in [-0.3, -0.25) is 9.59 Å². The van der Waals surface area contributed by atoms with Crippen LogP contribution >= 0.6 is 0 Å². The Balaban J connectivity index is 1.18. The summed E-state index contributed by atoms with van der Waals surface area (Å²) in [5, 5.41) is 8.38. The van der Waals surface area contributed by atoms with Crippen LogP contribution in [0.1, 0.15) is 57.7 Å². The van der Waals surface area contributed by atoms with Gasteiger partial charge in [0.25, 0.3) is 11.8 Å². The maximum Gasteiger partial charge on any atom is 0.256 e. The van der Waals surface area contributed by atoms with Crippen LogP contribution in [0.15, 0.2) is 41.1 Å². The molecular formula is C29H30N4O5. The zero-order valence-corrected chi connectivity index (χ0v) is 21.7. The summed E-state index contributed by atoms with van der Waals surface area (Å²) in [6.45, 7) is 4.99. The number of nitrogens with one attached hydrogen (secondary N) is 1. The molecule has 0 spiro atoms. The average molecular weight is 515 g/mol. The fourth-order valence-corrected chi connectivity index (χ4v) is 6.01. The Kier molecular flexibility index (Phi) is 5.10. The van der Waals surface area contributed by atoms with Crippen molar-refractivity contribution >= 4 is 28.3 Å². The minimum absolute atomic E-state index is 0.0138. The lowest BCUT2D eigenvalue weighted by atomic mass is 10.1. The lowest BCUT2D eigenvalue weighted by Crippen LogP contribution is -2.38. The molecule has 0 radical (unpaired) electrons. The molecule has 3 aromatic heterocycles. The van der Waals surface area contributed by atoms with Gasteiger partial charge in [0.2, 0.25) is 0 Å². The number of rotatable bonds is 7. The first-order valence-electron chi connectivity index (χ1n) is 13.2. The summed E-state index contributed by atoms with van der Waals surface area (Å²) in [7, 11) is 1.67. The zero-order valence-electron chi connectivity index (χ0n) is 21.7. The zero-order chi connectivity index (χ0) is 26.2. The largest absolute Gasteiger partial charge is 0.460 e. The molecule has 1 aromatic carbocycles. The highest BCUT2D eigenvalue weighted by Gasteiger charge is 2.70. The molecular weight excluding hydrogens is 484 g/mol. The number of carbonyl (C=O) groups excluding carboxylic acids is 2. The van der Waals surface area contributed by atoms with Crippen LogP contribution in [0.3, 0.4) is 0 Å². The molecule has 4 heterocycles. The van der Waals surface area contributed by atoms with E-state index >= 15 is 0 Å². The fraction of sp³-hybridized carbons (Fsp3) is 0.414. The van der Waals surface area contributed by atoms with Crippen LogP contribution in [0, 0.1) is 19.8 Å². The Labute approximate surface area is 219 Å². The van der Waals surface area contributed by atoms with Gasteiger partial charge in [-0.05, 0) is 63.1 Å². The third kappa shape index (κ3) is 3.60. The highest BCUT2D eigenvalue weighted by molar-refractivity contribution is 6.08. The summed E-state index contributed by atoms with van der Waals surface area (Å²) in [6.07, 6.45) is 7.51. The number of amides is 2. The Hall–Kier alpha value is -3.85. The number of benzene rings is 1. The van der Waals surface area contributed by atoms with Gasteiger partial charge in [-0.1, -0.05) is 0 Å². The van der Waals surface area contributed by atoms with Crippen molar-refractivity contribution in [2.24, 2.45) is 5.92 Å². The van der Waals surface area contributed by atoms with Crippen LogP contribution in [0.25, 0.3) is 16.5 Å². The highest BCUT2D eigenvalue weighted by atomic mass is 16.5. The quantitative estimate of drug-likeness (QED) is 0.386. The number of aromatic nitrogens is 2. The van der Waals surface area contributed by atoms with Crippen LogP contribution in [-0.2, 0) is 4.74 Å². The smallest absolute Gasteiger partial charge is 0.256 e. The molecule has 38 heavy (non-hydrogen) atoms. The van der Waals surface area contributed by atoms with Crippen LogP contribution in [0.4, 0.5) is 0 Å². The third-order valence-electron chi connectivity index (χ3n) is 8.45. The van der Waals surface area contributed by atoms with E-state index in [1.54, 1.807) is 36.2 Å². The third-order valence-corrected chi connectivity index (χ3v) is 8.45. The van der Waals surface area contributed by atoms with E-state index in [1.165, 1.54) is 0 Å². The normalized spacial score (nSPS) is 23.6. The van der Waals surface area contributed by atoms with Gasteiger partial charge in [0.15, 0.2) is 5.75 Å². The SMILES string of the molecule is COCC1CCCN1C(=O)c1cn2nccc(Oc3ccc4c(C(=O)NC56CC5C6)c(C)oc4c3)c2c1C. The average Bonchev–Trinajstić information content (AvgIpc) is 3.49. The van der Waals surface area contributed by atoms with Crippen molar-refractivity contribution in [2.45, 2.75) is 51.1 Å². The lowest BCUT2D eigenvalue weighted by molar-refractivity contribution is 0.0630. The minimum Gasteiger partial charge on any atom is -0.460 e. The Bertz CT molecular complexity index is 1610. The predicted octanol–water partition coefficient (Wildman–Crippen LogP) is 4.63. The molecule has 7 rings (SSSR count). The number of ether oxygens (including phenoxy) is 2. The van der Waals surface area contributed by atoms with E-state index in [4.69, 9.17) is 13.9 Å². The van der Waals surface area contributed by atoms with Gasteiger partial charge in [-0.15, -0.1) is 0 Å². The summed E-state index contributed by atoms with van der Waals surface area (Å²) in [5.74, 6) is 2.33. The second-order valence-electron chi connectivity index (χ2n) is 10.9. The summed E-state index contributed by atoms with van der Waals surface area (Å²) in [5.41, 5.74) is 3.39. The molecule has 2 saturated carbocycles. The molecule has 196 valence electrons. The number of hydrogen-bond acceptors (Lipinski definition) is 6. The van der Waals surface area contributed by atoms with E-state index in [-0.39, 0.29) is 23.4 Å². The Morgan fingerprint density at radius 2 is 2.05 bits per heavy atom. The van der Waals surface area contributed by atoms with Crippen molar-refractivity contribution in [3.05, 3.63) is 59.1 Å². The van der Waals surface area contributed by atoms with Crippen LogP contribution < -0.4 is 10.1 Å². The summed E-state index contributed by atoms with van der Waals surface area (Å²) >= 11 is 0. The Morgan fingerprint density at radius 1 is 1.24 bits per heavy atom. The van der Waals surface area contributed by atoms with E-state index in [9.17, 15) is 9.59 Å². The first kappa shape index (κ1) is 23.3. The molecule has 0 bridgehead atoms. The van der Waals surface area contributed by atoms with Crippen molar-refractivity contribution in [3.63, 3.8) is 0 Å². The van der Waals surface area contributed by atoms with E-state index in [0.29, 0.717) is 46.5 Å². The monoisotopic (exact) mass is 514 g/mol. The van der Waals surface area contributed by atoms with Gasteiger partial charge in [-0.2, -0.15) is 5.10 Å². The van der Waals surface area contributed by atoms with Crippen LogP contribution in [0.2, 0.25) is 0 Å².